The molecule has 0 spiro atoms. The Morgan fingerprint density at radius 1 is 1.30 bits per heavy atom. The van der Waals surface area contributed by atoms with Gasteiger partial charge in [0.1, 0.15) is 0 Å². The second-order valence-electron chi connectivity index (χ2n) is 5.76. The maximum Gasteiger partial charge on any atom is 0.162 e. The Morgan fingerprint density at radius 3 is 2.65 bits per heavy atom. The average Bonchev–Trinajstić information content (AvgIpc) is 2.84. The second kappa shape index (κ2) is 5.54. The van der Waals surface area contributed by atoms with Crippen molar-refractivity contribution in [2.45, 2.75) is 38.6 Å². The highest BCUT2D eigenvalue weighted by Crippen LogP contribution is 2.31. The molecule has 1 atom stereocenters. The summed E-state index contributed by atoms with van der Waals surface area (Å²) >= 11 is 1.21. The number of rotatable bonds is 3. The van der Waals surface area contributed by atoms with Gasteiger partial charge in [0.25, 0.3) is 0 Å². The SMILES string of the molecule is CC(C)(C)c1nnsc1C(N)Cc1cccc(F)c1F. The molecule has 0 saturated heterocycles. The van der Waals surface area contributed by atoms with E-state index in [-0.39, 0.29) is 17.4 Å². The summed E-state index contributed by atoms with van der Waals surface area (Å²) in [6.07, 6.45) is 0.219. The molecule has 0 bridgehead atoms. The van der Waals surface area contributed by atoms with Gasteiger partial charge in [0, 0.05) is 11.5 Å². The van der Waals surface area contributed by atoms with E-state index < -0.39 is 17.7 Å². The zero-order valence-electron chi connectivity index (χ0n) is 11.7. The van der Waals surface area contributed by atoms with Crippen molar-refractivity contribution in [2.24, 2.45) is 5.73 Å². The number of nitrogens with two attached hydrogens (primary N) is 1. The van der Waals surface area contributed by atoms with Crippen LogP contribution in [0.3, 0.4) is 0 Å². The molecular weight excluding hydrogens is 280 g/mol. The van der Waals surface area contributed by atoms with Gasteiger partial charge in [-0.15, -0.1) is 5.10 Å². The summed E-state index contributed by atoms with van der Waals surface area (Å²) in [5.74, 6) is -1.69. The minimum absolute atomic E-state index is 0.180. The van der Waals surface area contributed by atoms with Gasteiger partial charge >= 0.3 is 0 Å². The lowest BCUT2D eigenvalue weighted by Crippen LogP contribution is -2.20. The number of hydrogen-bond acceptors (Lipinski definition) is 4. The predicted molar refractivity (Wildman–Crippen MR) is 75.6 cm³/mol. The van der Waals surface area contributed by atoms with Gasteiger partial charge in [0.15, 0.2) is 11.6 Å². The van der Waals surface area contributed by atoms with Crippen LogP contribution in [-0.4, -0.2) is 9.59 Å². The lowest BCUT2D eigenvalue weighted by molar-refractivity contribution is 0.493. The van der Waals surface area contributed by atoms with Crippen LogP contribution in [0.1, 0.15) is 42.9 Å². The number of benzene rings is 1. The van der Waals surface area contributed by atoms with Crippen molar-refractivity contribution in [1.29, 1.82) is 0 Å². The van der Waals surface area contributed by atoms with Crippen LogP contribution in [0, 0.1) is 11.6 Å². The van der Waals surface area contributed by atoms with Gasteiger partial charge in [-0.05, 0) is 29.6 Å². The highest BCUT2D eigenvalue weighted by molar-refractivity contribution is 7.05. The first-order valence-electron chi connectivity index (χ1n) is 6.32. The molecule has 0 amide bonds. The molecule has 0 radical (unpaired) electrons. The largest absolute Gasteiger partial charge is 0.323 e. The zero-order chi connectivity index (χ0) is 14.9. The van der Waals surface area contributed by atoms with Gasteiger partial charge in [-0.25, -0.2) is 8.78 Å². The molecule has 2 rings (SSSR count). The number of nitrogens with zero attached hydrogens (tertiary/aromatic N) is 2. The van der Waals surface area contributed by atoms with Crippen LogP contribution in [-0.2, 0) is 11.8 Å². The van der Waals surface area contributed by atoms with E-state index in [2.05, 4.69) is 9.59 Å². The molecule has 0 saturated carbocycles. The van der Waals surface area contributed by atoms with Crippen molar-refractivity contribution >= 4 is 11.5 Å². The first-order chi connectivity index (χ1) is 9.30. The van der Waals surface area contributed by atoms with Gasteiger partial charge in [-0.3, -0.25) is 0 Å². The van der Waals surface area contributed by atoms with Crippen LogP contribution in [0.4, 0.5) is 8.78 Å². The van der Waals surface area contributed by atoms with Gasteiger partial charge in [0.2, 0.25) is 0 Å². The van der Waals surface area contributed by atoms with Crippen LogP contribution >= 0.6 is 11.5 Å². The molecule has 3 nitrogen and oxygen atoms in total. The smallest absolute Gasteiger partial charge is 0.162 e. The average molecular weight is 297 g/mol. The fourth-order valence-electron chi connectivity index (χ4n) is 2.00. The van der Waals surface area contributed by atoms with Gasteiger partial charge in [-0.1, -0.05) is 37.4 Å². The van der Waals surface area contributed by atoms with Crippen molar-refractivity contribution in [1.82, 2.24) is 9.59 Å². The van der Waals surface area contributed by atoms with E-state index in [0.29, 0.717) is 0 Å². The molecule has 6 heteroatoms. The fraction of sp³-hybridized carbons (Fsp3) is 0.429. The van der Waals surface area contributed by atoms with E-state index in [0.717, 1.165) is 16.6 Å². The normalized spacial score (nSPS) is 13.5. The second-order valence-corrected chi connectivity index (χ2v) is 6.55. The first kappa shape index (κ1) is 15.0. The molecule has 1 unspecified atom stereocenters. The van der Waals surface area contributed by atoms with Crippen molar-refractivity contribution in [3.05, 3.63) is 46.0 Å². The highest BCUT2D eigenvalue weighted by atomic mass is 32.1. The minimum atomic E-state index is -0.854. The Balaban J connectivity index is 2.27. The van der Waals surface area contributed by atoms with Crippen molar-refractivity contribution in [3.63, 3.8) is 0 Å². The lowest BCUT2D eigenvalue weighted by atomic mass is 9.89. The van der Waals surface area contributed by atoms with Crippen molar-refractivity contribution in [2.75, 3.05) is 0 Å². The van der Waals surface area contributed by atoms with Gasteiger partial charge < -0.3 is 5.73 Å². The Hall–Kier alpha value is -1.40. The molecular formula is C14H17F2N3S. The summed E-state index contributed by atoms with van der Waals surface area (Å²) in [7, 11) is 0. The molecule has 0 aliphatic heterocycles. The molecule has 2 aromatic rings. The van der Waals surface area contributed by atoms with E-state index in [9.17, 15) is 8.78 Å². The van der Waals surface area contributed by atoms with Gasteiger partial charge in [-0.2, -0.15) is 0 Å². The number of halogens is 2. The summed E-state index contributed by atoms with van der Waals surface area (Å²) in [5, 5.41) is 4.11. The number of aromatic nitrogens is 2. The van der Waals surface area contributed by atoms with E-state index in [4.69, 9.17) is 5.73 Å². The van der Waals surface area contributed by atoms with Crippen LogP contribution in [0.25, 0.3) is 0 Å². The summed E-state index contributed by atoms with van der Waals surface area (Å²) in [6, 6.07) is 3.68. The van der Waals surface area contributed by atoms with E-state index in [1.54, 1.807) is 6.07 Å². The zero-order valence-corrected chi connectivity index (χ0v) is 12.5. The molecule has 20 heavy (non-hydrogen) atoms. The third-order valence-corrected chi connectivity index (χ3v) is 3.89. The van der Waals surface area contributed by atoms with Gasteiger partial charge in [0.05, 0.1) is 10.6 Å². The molecule has 1 aromatic carbocycles. The molecule has 1 heterocycles. The Kier molecular flexibility index (Phi) is 4.15. The highest BCUT2D eigenvalue weighted by Gasteiger charge is 2.26. The third kappa shape index (κ3) is 3.02. The van der Waals surface area contributed by atoms with Crippen LogP contribution < -0.4 is 5.73 Å². The van der Waals surface area contributed by atoms with Crippen LogP contribution in [0.15, 0.2) is 18.2 Å². The lowest BCUT2D eigenvalue weighted by Gasteiger charge is -2.19. The van der Waals surface area contributed by atoms with Crippen LogP contribution in [0.2, 0.25) is 0 Å². The monoisotopic (exact) mass is 297 g/mol. The molecule has 0 aliphatic carbocycles. The maximum absolute atomic E-state index is 13.7. The quantitative estimate of drug-likeness (QED) is 0.945. The summed E-state index contributed by atoms with van der Waals surface area (Å²) < 4.78 is 30.8. The van der Waals surface area contributed by atoms with Crippen molar-refractivity contribution in [3.8, 4) is 0 Å². The molecule has 108 valence electrons. The predicted octanol–water partition coefficient (Wildman–Crippen LogP) is 3.36. The van der Waals surface area contributed by atoms with E-state index >= 15 is 0 Å². The Labute approximate surface area is 121 Å². The minimum Gasteiger partial charge on any atom is -0.323 e. The fourth-order valence-corrected chi connectivity index (χ4v) is 2.86. The van der Waals surface area contributed by atoms with Crippen molar-refractivity contribution < 1.29 is 8.78 Å². The Bertz CT molecular complexity index is 605. The molecule has 1 aromatic heterocycles. The van der Waals surface area contributed by atoms with Crippen LogP contribution in [0.5, 0.6) is 0 Å². The Morgan fingerprint density at radius 2 is 2.00 bits per heavy atom. The number of hydrogen-bond donors (Lipinski definition) is 1. The maximum atomic E-state index is 13.7. The van der Waals surface area contributed by atoms with E-state index in [1.165, 1.54) is 17.6 Å². The third-order valence-electron chi connectivity index (χ3n) is 3.03. The molecule has 0 aliphatic rings. The standard InChI is InChI=1S/C14H17F2N3S/c1-14(2,3)13-12(20-19-18-13)10(17)7-8-5-4-6-9(15)11(8)16/h4-6,10H,7,17H2,1-3H3. The molecule has 0 fully saturated rings. The summed E-state index contributed by atoms with van der Waals surface area (Å²) in [6.45, 7) is 6.05. The first-order valence-corrected chi connectivity index (χ1v) is 7.09. The van der Waals surface area contributed by atoms with E-state index in [1.807, 2.05) is 20.8 Å². The topological polar surface area (TPSA) is 51.8 Å². The molecule has 2 N–H and O–H groups in total. The summed E-state index contributed by atoms with van der Waals surface area (Å²) in [5.41, 5.74) is 7.03. The summed E-state index contributed by atoms with van der Waals surface area (Å²) in [4.78, 5) is 0.821.